The van der Waals surface area contributed by atoms with Gasteiger partial charge in [-0.05, 0) is 29.8 Å². The number of amides is 1. The quantitative estimate of drug-likeness (QED) is 0.720. The molecular weight excluding hydrogens is 347 g/mol. The fourth-order valence-corrected chi connectivity index (χ4v) is 3.04. The highest BCUT2D eigenvalue weighted by Gasteiger charge is 2.38. The largest absolute Gasteiger partial charge is 0.439 e. The topological polar surface area (TPSA) is 87.9 Å². The van der Waals surface area contributed by atoms with Crippen LogP contribution in [0.15, 0.2) is 61.1 Å². The molecule has 0 aliphatic carbocycles. The summed E-state index contributed by atoms with van der Waals surface area (Å²) in [5, 5.41) is 11.6. The molecule has 1 amide bonds. The number of nitriles is 1. The predicted molar refractivity (Wildman–Crippen MR) is 93.7 cm³/mol. The predicted octanol–water partition coefficient (Wildman–Crippen LogP) is 3.68. The number of alkyl carbamates (subject to hydrolysis) is 1. The number of nitrogens with zero attached hydrogens (tertiary/aromatic N) is 3. The lowest BCUT2D eigenvalue weighted by Crippen LogP contribution is -2.21. The molecule has 0 saturated carbocycles. The Kier molecular flexibility index (Phi) is 4.22. The zero-order valence-electron chi connectivity index (χ0n) is 14.0. The standard InChI is InChI=1S/C20H13FN4O2/c21-19-16(8-15(11-24-19)14-2-1-7-23-10-14)17-18(27-20(26)25-17)13-5-3-12(9-22)4-6-13/h1-8,10-11,17-18H,(H,25,26)/t17-,18-/m1/s1. The van der Waals surface area contributed by atoms with E-state index in [1.54, 1.807) is 48.8 Å². The van der Waals surface area contributed by atoms with Gasteiger partial charge in [0.1, 0.15) is 6.04 Å². The number of cyclic esters (lactones) is 1. The Labute approximate surface area is 154 Å². The summed E-state index contributed by atoms with van der Waals surface area (Å²) in [6.07, 6.45) is 3.35. The number of nitrogens with one attached hydrogen (secondary N) is 1. The van der Waals surface area contributed by atoms with E-state index in [0.717, 1.165) is 5.56 Å². The fourth-order valence-electron chi connectivity index (χ4n) is 3.04. The first-order valence-electron chi connectivity index (χ1n) is 8.19. The molecule has 0 unspecified atom stereocenters. The lowest BCUT2D eigenvalue weighted by Gasteiger charge is -2.18. The smallest absolute Gasteiger partial charge is 0.408 e. The van der Waals surface area contributed by atoms with Crippen LogP contribution in [0.5, 0.6) is 0 Å². The van der Waals surface area contributed by atoms with E-state index in [2.05, 4.69) is 15.3 Å². The molecule has 1 N–H and O–H groups in total. The minimum atomic E-state index is -0.741. The Morgan fingerprint density at radius 3 is 2.67 bits per heavy atom. The molecule has 1 aliphatic rings. The summed E-state index contributed by atoms with van der Waals surface area (Å²) in [7, 11) is 0. The van der Waals surface area contributed by atoms with Crippen LogP contribution in [0, 0.1) is 17.3 Å². The van der Waals surface area contributed by atoms with Crippen LogP contribution < -0.4 is 5.32 Å². The SMILES string of the molecule is N#Cc1ccc([C@H]2OC(=O)N[C@@H]2c2cc(-c3cccnc3)cnc2F)cc1. The van der Waals surface area contributed by atoms with Crippen LogP contribution >= 0.6 is 0 Å². The van der Waals surface area contributed by atoms with Crippen LogP contribution in [0.1, 0.15) is 28.8 Å². The van der Waals surface area contributed by atoms with Gasteiger partial charge in [0.2, 0.25) is 5.95 Å². The maximum atomic E-state index is 14.5. The van der Waals surface area contributed by atoms with Crippen molar-refractivity contribution in [1.82, 2.24) is 15.3 Å². The van der Waals surface area contributed by atoms with E-state index in [-0.39, 0.29) is 5.56 Å². The van der Waals surface area contributed by atoms with E-state index in [9.17, 15) is 9.18 Å². The first kappa shape index (κ1) is 16.7. The van der Waals surface area contributed by atoms with Gasteiger partial charge in [-0.2, -0.15) is 9.65 Å². The molecule has 0 spiro atoms. The van der Waals surface area contributed by atoms with Crippen molar-refractivity contribution in [2.45, 2.75) is 12.1 Å². The number of aromatic nitrogens is 2. The van der Waals surface area contributed by atoms with Crippen LogP contribution in [-0.2, 0) is 4.74 Å². The summed E-state index contributed by atoms with van der Waals surface area (Å²) in [5.41, 5.74) is 2.82. The molecule has 1 saturated heterocycles. The third kappa shape index (κ3) is 3.20. The molecule has 2 aromatic heterocycles. The number of carbonyl (C=O) groups is 1. The van der Waals surface area contributed by atoms with Gasteiger partial charge in [-0.3, -0.25) is 4.98 Å². The van der Waals surface area contributed by atoms with Crippen LogP contribution in [0.4, 0.5) is 9.18 Å². The first-order valence-corrected chi connectivity index (χ1v) is 8.19. The zero-order valence-corrected chi connectivity index (χ0v) is 14.0. The number of halogens is 1. The van der Waals surface area contributed by atoms with Crippen molar-refractivity contribution >= 4 is 6.09 Å². The van der Waals surface area contributed by atoms with Crippen molar-refractivity contribution in [2.75, 3.05) is 0 Å². The van der Waals surface area contributed by atoms with E-state index in [1.807, 2.05) is 12.1 Å². The number of hydrogen-bond acceptors (Lipinski definition) is 5. The molecule has 1 aliphatic heterocycles. The maximum Gasteiger partial charge on any atom is 0.408 e. The Hall–Kier alpha value is -3.79. The summed E-state index contributed by atoms with van der Waals surface area (Å²) in [4.78, 5) is 19.8. The average Bonchev–Trinajstić information content (AvgIpc) is 3.10. The minimum Gasteiger partial charge on any atom is -0.439 e. The Bertz CT molecular complexity index is 1030. The third-order valence-electron chi connectivity index (χ3n) is 4.37. The second-order valence-electron chi connectivity index (χ2n) is 6.03. The van der Waals surface area contributed by atoms with Gasteiger partial charge in [-0.25, -0.2) is 9.78 Å². The monoisotopic (exact) mass is 360 g/mol. The summed E-state index contributed by atoms with van der Waals surface area (Å²) in [5.74, 6) is -0.683. The minimum absolute atomic E-state index is 0.219. The number of hydrogen-bond donors (Lipinski definition) is 1. The molecular formula is C20H13FN4O2. The zero-order chi connectivity index (χ0) is 18.8. The average molecular weight is 360 g/mol. The molecule has 1 aromatic carbocycles. The van der Waals surface area contributed by atoms with Gasteiger partial charge in [0.05, 0.1) is 11.6 Å². The molecule has 4 rings (SSSR count). The first-order chi connectivity index (χ1) is 13.2. The second-order valence-corrected chi connectivity index (χ2v) is 6.03. The Morgan fingerprint density at radius 1 is 1.15 bits per heavy atom. The number of pyridine rings is 2. The van der Waals surface area contributed by atoms with Gasteiger partial charge >= 0.3 is 6.09 Å². The Morgan fingerprint density at radius 2 is 1.96 bits per heavy atom. The van der Waals surface area contributed by atoms with E-state index in [4.69, 9.17) is 10.00 Å². The van der Waals surface area contributed by atoms with Gasteiger partial charge in [-0.1, -0.05) is 18.2 Å². The van der Waals surface area contributed by atoms with E-state index in [0.29, 0.717) is 16.7 Å². The lowest BCUT2D eigenvalue weighted by molar-refractivity contribution is 0.131. The van der Waals surface area contributed by atoms with Crippen molar-refractivity contribution in [3.63, 3.8) is 0 Å². The fraction of sp³-hybridized carbons (Fsp3) is 0.100. The molecule has 7 heteroatoms. The summed E-state index contributed by atoms with van der Waals surface area (Å²) >= 11 is 0. The number of benzene rings is 1. The summed E-state index contributed by atoms with van der Waals surface area (Å²) < 4.78 is 19.8. The molecule has 3 aromatic rings. The molecule has 132 valence electrons. The maximum absolute atomic E-state index is 14.5. The van der Waals surface area contributed by atoms with Crippen LogP contribution in [0.25, 0.3) is 11.1 Å². The van der Waals surface area contributed by atoms with Crippen molar-refractivity contribution in [1.29, 1.82) is 5.26 Å². The van der Waals surface area contributed by atoms with Crippen molar-refractivity contribution in [2.24, 2.45) is 0 Å². The molecule has 27 heavy (non-hydrogen) atoms. The third-order valence-corrected chi connectivity index (χ3v) is 4.37. The number of carbonyl (C=O) groups excluding carboxylic acids is 1. The van der Waals surface area contributed by atoms with Gasteiger partial charge in [-0.15, -0.1) is 0 Å². The van der Waals surface area contributed by atoms with Crippen LogP contribution in [0.3, 0.4) is 0 Å². The van der Waals surface area contributed by atoms with Crippen molar-refractivity contribution < 1.29 is 13.9 Å². The van der Waals surface area contributed by atoms with Gasteiger partial charge in [0.15, 0.2) is 6.10 Å². The van der Waals surface area contributed by atoms with E-state index in [1.165, 1.54) is 6.20 Å². The summed E-state index contributed by atoms with van der Waals surface area (Å²) in [6, 6.07) is 13.2. The highest BCUT2D eigenvalue weighted by Crippen LogP contribution is 2.38. The highest BCUT2D eigenvalue weighted by molar-refractivity contribution is 5.72. The number of ether oxygens (including phenoxy) is 1. The molecule has 3 heterocycles. The highest BCUT2D eigenvalue weighted by atomic mass is 19.1. The second kappa shape index (κ2) is 6.84. The molecule has 0 bridgehead atoms. The Balaban J connectivity index is 1.74. The molecule has 0 radical (unpaired) electrons. The normalized spacial score (nSPS) is 18.4. The molecule has 6 nitrogen and oxygen atoms in total. The van der Waals surface area contributed by atoms with Crippen LogP contribution in [-0.4, -0.2) is 16.1 Å². The molecule has 1 fully saturated rings. The number of rotatable bonds is 3. The van der Waals surface area contributed by atoms with Gasteiger partial charge < -0.3 is 10.1 Å². The van der Waals surface area contributed by atoms with Crippen LogP contribution in [0.2, 0.25) is 0 Å². The van der Waals surface area contributed by atoms with Crippen molar-refractivity contribution in [3.05, 3.63) is 83.7 Å². The lowest BCUT2D eigenvalue weighted by atomic mass is 9.95. The molecule has 2 atom stereocenters. The van der Waals surface area contributed by atoms with Gasteiger partial charge in [0, 0.05) is 35.3 Å². The van der Waals surface area contributed by atoms with Crippen molar-refractivity contribution in [3.8, 4) is 17.2 Å². The van der Waals surface area contributed by atoms with E-state index < -0.39 is 24.2 Å². The summed E-state index contributed by atoms with van der Waals surface area (Å²) in [6.45, 7) is 0. The van der Waals surface area contributed by atoms with Gasteiger partial charge in [0.25, 0.3) is 0 Å². The van der Waals surface area contributed by atoms with E-state index >= 15 is 0 Å².